The van der Waals surface area contributed by atoms with Crippen LogP contribution in [-0.4, -0.2) is 46.3 Å². The van der Waals surface area contributed by atoms with Crippen molar-refractivity contribution in [3.05, 3.63) is 71.5 Å². The molecule has 1 aliphatic rings. The summed E-state index contributed by atoms with van der Waals surface area (Å²) >= 11 is 4.91. The number of benzene rings is 3. The number of rotatable bonds is 7. The lowest BCUT2D eigenvalue weighted by atomic mass is 10.0. The third kappa shape index (κ3) is 6.35. The summed E-state index contributed by atoms with van der Waals surface area (Å²) in [6.45, 7) is 0.412. The highest BCUT2D eigenvalue weighted by Crippen LogP contribution is 2.37. The lowest BCUT2D eigenvalue weighted by Gasteiger charge is -2.33. The van der Waals surface area contributed by atoms with Crippen LogP contribution in [0.3, 0.4) is 0 Å². The molecular weight excluding hydrogens is 535 g/mol. The number of nitrogens with one attached hydrogen (secondary N) is 3. The number of carbonyl (C=O) groups excluding carboxylic acids is 2. The van der Waals surface area contributed by atoms with E-state index in [4.69, 9.17) is 16.3 Å². The van der Waals surface area contributed by atoms with Crippen molar-refractivity contribution in [3.8, 4) is 16.9 Å². The molecule has 9 nitrogen and oxygen atoms in total. The van der Waals surface area contributed by atoms with Crippen LogP contribution >= 0.6 is 0 Å². The first-order valence-corrected chi connectivity index (χ1v) is 14.0. The zero-order valence-corrected chi connectivity index (χ0v) is 22.3. The second-order valence-corrected chi connectivity index (χ2v) is 11.0. The number of halogens is 2. The summed E-state index contributed by atoms with van der Waals surface area (Å²) in [5.74, 6) is -0.596. The maximum Gasteiger partial charge on any atom is 0.319 e. The van der Waals surface area contributed by atoms with Crippen LogP contribution in [0, 0.1) is 17.4 Å². The van der Waals surface area contributed by atoms with Crippen molar-refractivity contribution in [1.29, 1.82) is 0 Å². The Morgan fingerprint density at radius 2 is 1.87 bits per heavy atom. The topological polar surface area (TPSA) is 117 Å². The van der Waals surface area contributed by atoms with E-state index in [2.05, 4.69) is 15.4 Å². The van der Waals surface area contributed by atoms with Crippen molar-refractivity contribution in [3.63, 3.8) is 0 Å². The molecule has 3 amide bonds. The number of anilines is 3. The van der Waals surface area contributed by atoms with Crippen LogP contribution in [0.1, 0.15) is 12.8 Å². The zero-order valence-electron chi connectivity index (χ0n) is 20.7. The van der Waals surface area contributed by atoms with E-state index >= 15 is 0 Å². The number of para-hydroxylation sites is 1. The second kappa shape index (κ2) is 11.3. The Hall–Kier alpha value is -3.83. The molecule has 1 fully saturated rings. The van der Waals surface area contributed by atoms with Crippen LogP contribution in [0.2, 0.25) is 5.02 Å². The van der Waals surface area contributed by atoms with Crippen molar-refractivity contribution in [2.45, 2.75) is 18.9 Å². The van der Waals surface area contributed by atoms with Crippen molar-refractivity contribution in [1.82, 2.24) is 5.32 Å². The summed E-state index contributed by atoms with van der Waals surface area (Å²) in [4.78, 5) is 27.4. The van der Waals surface area contributed by atoms with Gasteiger partial charge in [0.05, 0.1) is 30.4 Å². The van der Waals surface area contributed by atoms with Gasteiger partial charge < -0.3 is 20.3 Å². The third-order valence-electron chi connectivity index (χ3n) is 5.94. The van der Waals surface area contributed by atoms with Gasteiger partial charge in [-0.15, -0.1) is 0 Å². The first-order chi connectivity index (χ1) is 18.1. The highest BCUT2D eigenvalue weighted by Gasteiger charge is 2.32. The predicted molar refractivity (Wildman–Crippen MR) is 141 cm³/mol. The summed E-state index contributed by atoms with van der Waals surface area (Å²) in [6, 6.07) is 14.6. The molecule has 3 aromatic rings. The molecule has 38 heavy (non-hydrogen) atoms. The Bertz CT molecular complexity index is 1480. The predicted octanol–water partition coefficient (Wildman–Crippen LogP) is 3.89. The smallest absolute Gasteiger partial charge is 0.319 e. The Morgan fingerprint density at radius 3 is 2.58 bits per heavy atom. The highest BCUT2D eigenvalue weighted by atomic mass is 35.5. The summed E-state index contributed by atoms with van der Waals surface area (Å²) in [5.41, 5.74) is 2.20. The molecule has 0 unspecified atom stereocenters. The van der Waals surface area contributed by atoms with E-state index < -0.39 is 27.9 Å². The van der Waals surface area contributed by atoms with Crippen LogP contribution in [0.15, 0.2) is 60.7 Å². The minimum atomic E-state index is -3.50. The third-order valence-corrected chi connectivity index (χ3v) is 6.78. The summed E-state index contributed by atoms with van der Waals surface area (Å²) in [5, 5.41) is 5.34. The lowest BCUT2D eigenvalue weighted by molar-refractivity contribution is -0.289. The minimum Gasteiger partial charge on any atom is -0.495 e. The molecule has 0 aliphatic carbocycles. The van der Waals surface area contributed by atoms with Gasteiger partial charge >= 0.3 is 6.03 Å². The number of hydrogen-bond donors (Lipinski definition) is 3. The molecule has 1 atom stereocenters. The van der Waals surface area contributed by atoms with Crippen LogP contribution in [-0.2, 0) is 14.8 Å². The van der Waals surface area contributed by atoms with Crippen LogP contribution in [0.25, 0.3) is 11.1 Å². The minimum absolute atomic E-state index is 0.0425. The average molecular weight is 562 g/mol. The normalized spacial score (nSPS) is 15.6. The van der Waals surface area contributed by atoms with Gasteiger partial charge in [-0.3, -0.25) is 9.52 Å². The summed E-state index contributed by atoms with van der Waals surface area (Å²) in [6.07, 6.45) is 2.11. The molecule has 4 rings (SSSR count). The Balaban J connectivity index is 1.54. The number of sulfonamides is 1. The second-order valence-electron chi connectivity index (χ2n) is 8.73. The monoisotopic (exact) mass is 561 g/mol. The number of carbonyl (C=O) groups is 2. The maximum atomic E-state index is 14.1. The van der Waals surface area contributed by atoms with Gasteiger partial charge in [-0.1, -0.05) is 24.3 Å². The van der Waals surface area contributed by atoms with E-state index in [9.17, 15) is 22.4 Å². The summed E-state index contributed by atoms with van der Waals surface area (Å²) < 4.78 is 45.8. The average Bonchev–Trinajstić information content (AvgIpc) is 2.86. The number of hydrogen-bond acceptors (Lipinski definition) is 5. The molecule has 1 heterocycles. The summed E-state index contributed by atoms with van der Waals surface area (Å²) in [7, 11) is -2.02. The van der Waals surface area contributed by atoms with Gasteiger partial charge in [0.1, 0.15) is 11.8 Å². The van der Waals surface area contributed by atoms with Crippen molar-refractivity contribution in [2.24, 2.45) is 0 Å². The van der Waals surface area contributed by atoms with Gasteiger partial charge in [0.2, 0.25) is 21.0 Å². The van der Waals surface area contributed by atoms with Crippen molar-refractivity contribution < 1.29 is 38.7 Å². The van der Waals surface area contributed by atoms with Crippen LogP contribution in [0.4, 0.5) is 26.2 Å². The SMILES string of the molecule is COc1cc(-c2ccccc2NS(C)(=O)=O)ccc1N1CCC[C@@H](NC(=O)Nc2ccc([ClH+])cc2F)C1=O. The number of amides is 3. The van der Waals surface area contributed by atoms with E-state index in [0.29, 0.717) is 52.7 Å². The molecule has 1 saturated heterocycles. The Labute approximate surface area is 225 Å². The first kappa shape index (κ1) is 27.2. The highest BCUT2D eigenvalue weighted by molar-refractivity contribution is 7.92. The fourth-order valence-electron chi connectivity index (χ4n) is 4.25. The molecule has 0 aromatic heterocycles. The van der Waals surface area contributed by atoms with Gasteiger partial charge in [0.15, 0.2) is 17.4 Å². The van der Waals surface area contributed by atoms with Crippen molar-refractivity contribution >= 4 is 39.0 Å². The molecular formula is C26H27ClFN4O5S+. The fourth-order valence-corrected chi connectivity index (χ4v) is 5.00. The molecule has 0 spiro atoms. The van der Waals surface area contributed by atoms with Crippen LogP contribution < -0.4 is 25.0 Å². The fraction of sp³-hybridized carbons (Fsp3) is 0.231. The number of urea groups is 1. The Morgan fingerprint density at radius 1 is 1.11 bits per heavy atom. The molecule has 12 heteroatoms. The number of piperidine rings is 1. The van der Waals surface area contributed by atoms with E-state index in [0.717, 1.165) is 12.3 Å². The van der Waals surface area contributed by atoms with E-state index in [1.165, 1.54) is 24.1 Å². The van der Waals surface area contributed by atoms with Gasteiger partial charge in [0, 0.05) is 24.2 Å². The van der Waals surface area contributed by atoms with E-state index in [1.54, 1.807) is 42.5 Å². The lowest BCUT2D eigenvalue weighted by Crippen LogP contribution is -2.53. The number of methoxy groups -OCH3 is 1. The molecule has 1 aliphatic heterocycles. The van der Waals surface area contributed by atoms with E-state index in [-0.39, 0.29) is 11.6 Å². The molecule has 0 saturated carbocycles. The molecule has 200 valence electrons. The molecule has 3 aromatic carbocycles. The zero-order chi connectivity index (χ0) is 27.4. The molecule has 0 bridgehead atoms. The standard InChI is InChI=1S/C26H26ClFN4O5S/c1-37-24-14-16(18-6-3-4-7-20(18)31-38(2,35)36)9-12-23(24)32-13-5-8-22(25(32)33)30-26(34)29-21-11-10-17(27)15-19(21)28/h3-4,6-7,9-12,14-15,22,27,31H,5,8,13H2,1-2H3,(H-,29,30,34)/p+1/t22-/m1/s1. The van der Waals surface area contributed by atoms with E-state index in [1.807, 2.05) is 0 Å². The van der Waals surface area contributed by atoms with Gasteiger partial charge in [-0.2, -0.15) is 0 Å². The number of ether oxygens (including phenoxy) is 1. The van der Waals surface area contributed by atoms with Gasteiger partial charge in [0.25, 0.3) is 0 Å². The molecule has 3 N–H and O–H groups in total. The first-order valence-electron chi connectivity index (χ1n) is 11.7. The van der Waals surface area contributed by atoms with Crippen molar-refractivity contribution in [2.75, 3.05) is 34.8 Å². The van der Waals surface area contributed by atoms with Gasteiger partial charge in [-0.05, 0) is 42.7 Å². The number of nitrogens with zero attached hydrogens (tertiary/aromatic N) is 1. The largest absolute Gasteiger partial charge is 0.495 e. The van der Waals surface area contributed by atoms with Gasteiger partial charge in [-0.25, -0.2) is 17.6 Å². The Kier molecular flexibility index (Phi) is 8.08. The quantitative estimate of drug-likeness (QED) is 0.405. The maximum absolute atomic E-state index is 14.1. The molecule has 0 radical (unpaired) electrons. The van der Waals surface area contributed by atoms with Crippen LogP contribution in [0.5, 0.6) is 5.75 Å².